The maximum atomic E-state index is 10.6. The van der Waals surface area contributed by atoms with Crippen molar-refractivity contribution in [2.24, 2.45) is 0 Å². The highest BCUT2D eigenvalue weighted by molar-refractivity contribution is 7.18. The van der Waals surface area contributed by atoms with Gasteiger partial charge >= 0.3 is 5.00 Å². The van der Waals surface area contributed by atoms with Crippen LogP contribution in [0.25, 0.3) is 10.8 Å². The van der Waals surface area contributed by atoms with E-state index in [1.54, 1.807) is 6.07 Å². The molecule has 2 aromatic rings. The molecule has 7 nitrogen and oxygen atoms in total. The molecule has 2 rings (SSSR count). The summed E-state index contributed by atoms with van der Waals surface area (Å²) >= 11 is 1.03. The van der Waals surface area contributed by atoms with Crippen molar-refractivity contribution in [2.75, 3.05) is 13.1 Å². The topological polar surface area (TPSA) is 94.1 Å². The van der Waals surface area contributed by atoms with Crippen LogP contribution in [0.5, 0.6) is 0 Å². The molecule has 2 heterocycles. The van der Waals surface area contributed by atoms with Crippen LogP contribution in [0.4, 0.5) is 5.00 Å². The van der Waals surface area contributed by atoms with Gasteiger partial charge in [0, 0.05) is 12.5 Å². The fourth-order valence-corrected chi connectivity index (χ4v) is 2.40. The second-order valence-electron chi connectivity index (χ2n) is 4.25. The summed E-state index contributed by atoms with van der Waals surface area (Å²) in [6.45, 7) is 4.04. The number of nitrogens with zero attached hydrogens (tertiary/aromatic N) is 3. The Labute approximate surface area is 120 Å². The van der Waals surface area contributed by atoms with Crippen molar-refractivity contribution in [2.45, 2.75) is 26.2 Å². The zero-order valence-electron chi connectivity index (χ0n) is 11.2. The quantitative estimate of drug-likeness (QED) is 0.457. The third kappa shape index (κ3) is 3.84. The predicted octanol–water partition coefficient (Wildman–Crippen LogP) is 2.64. The van der Waals surface area contributed by atoms with Gasteiger partial charge in [0.25, 0.3) is 5.89 Å². The molecule has 0 unspecified atom stereocenters. The average Bonchev–Trinajstić information content (AvgIpc) is 3.07. The lowest BCUT2D eigenvalue weighted by Crippen LogP contribution is -2.16. The molecule has 8 heteroatoms. The Hall–Kier alpha value is -1.80. The number of nitro groups is 1. The van der Waals surface area contributed by atoms with Crippen molar-refractivity contribution in [1.29, 1.82) is 0 Å². The van der Waals surface area contributed by atoms with Crippen molar-refractivity contribution < 1.29 is 9.34 Å². The van der Waals surface area contributed by atoms with Gasteiger partial charge in [-0.3, -0.25) is 10.1 Å². The number of rotatable bonds is 8. The third-order valence-electron chi connectivity index (χ3n) is 2.62. The van der Waals surface area contributed by atoms with Crippen LogP contribution in [0.2, 0.25) is 0 Å². The summed E-state index contributed by atoms with van der Waals surface area (Å²) in [5.41, 5.74) is 0. The molecule has 0 amide bonds. The molecule has 0 spiro atoms. The van der Waals surface area contributed by atoms with E-state index in [-0.39, 0.29) is 5.00 Å². The van der Waals surface area contributed by atoms with Gasteiger partial charge in [0.15, 0.2) is 0 Å². The Bertz CT molecular complexity index is 567. The van der Waals surface area contributed by atoms with Gasteiger partial charge in [-0.1, -0.05) is 18.3 Å². The molecule has 2 aromatic heterocycles. The normalized spacial score (nSPS) is 10.8. The Kier molecular flexibility index (Phi) is 5.19. The van der Waals surface area contributed by atoms with Crippen LogP contribution in [0.3, 0.4) is 0 Å². The largest absolute Gasteiger partial charge is 0.420 e. The van der Waals surface area contributed by atoms with E-state index in [0.29, 0.717) is 23.1 Å². The molecular weight excluding hydrogens is 280 g/mol. The second-order valence-corrected chi connectivity index (χ2v) is 5.31. The summed E-state index contributed by atoms with van der Waals surface area (Å²) in [4.78, 5) is 10.8. The van der Waals surface area contributed by atoms with Crippen molar-refractivity contribution in [3.05, 3.63) is 28.1 Å². The smallest absolute Gasteiger partial charge is 0.324 e. The second kappa shape index (κ2) is 7.11. The Morgan fingerprint density at radius 1 is 1.40 bits per heavy atom. The van der Waals surface area contributed by atoms with Crippen LogP contribution in [0.15, 0.2) is 16.5 Å². The summed E-state index contributed by atoms with van der Waals surface area (Å²) in [5.74, 6) is 0.911. The number of thiophene rings is 1. The molecule has 108 valence electrons. The first-order chi connectivity index (χ1) is 9.70. The summed E-state index contributed by atoms with van der Waals surface area (Å²) in [6, 6.07) is 3.07. The van der Waals surface area contributed by atoms with E-state index in [9.17, 15) is 10.1 Å². The van der Waals surface area contributed by atoms with Crippen LogP contribution in [-0.4, -0.2) is 28.2 Å². The maximum Gasteiger partial charge on any atom is 0.324 e. The van der Waals surface area contributed by atoms with Crippen LogP contribution >= 0.6 is 11.3 Å². The van der Waals surface area contributed by atoms with Gasteiger partial charge in [-0.05, 0) is 32.0 Å². The van der Waals surface area contributed by atoms with Crippen LogP contribution in [-0.2, 0) is 6.42 Å². The molecule has 0 radical (unpaired) electrons. The lowest BCUT2D eigenvalue weighted by Gasteiger charge is -1.99. The van der Waals surface area contributed by atoms with Crippen LogP contribution in [0, 0.1) is 10.1 Å². The minimum atomic E-state index is -0.426. The third-order valence-corrected chi connectivity index (χ3v) is 3.65. The standard InChI is InChI=1S/C12H16N4O3S/c1-2-7-13-8-3-4-10-14-15-12(19-10)9-5-6-11(20-9)16(17)18/h5-6,13H,2-4,7-8H2,1H3. The molecular formula is C12H16N4O3S. The van der Waals surface area contributed by atoms with Crippen LogP contribution in [0.1, 0.15) is 25.7 Å². The van der Waals surface area contributed by atoms with E-state index in [1.165, 1.54) is 6.07 Å². The molecule has 0 aliphatic rings. The molecule has 0 saturated carbocycles. The highest BCUT2D eigenvalue weighted by atomic mass is 32.1. The van der Waals surface area contributed by atoms with E-state index in [2.05, 4.69) is 22.4 Å². The van der Waals surface area contributed by atoms with Crippen molar-refractivity contribution in [1.82, 2.24) is 15.5 Å². The summed E-state index contributed by atoms with van der Waals surface area (Å²) < 4.78 is 5.51. The molecule has 0 aliphatic heterocycles. The summed E-state index contributed by atoms with van der Waals surface area (Å²) in [5, 5.41) is 21.9. The first-order valence-electron chi connectivity index (χ1n) is 6.48. The molecule has 0 aliphatic carbocycles. The van der Waals surface area contributed by atoms with Crippen LogP contribution < -0.4 is 5.32 Å². The number of hydrogen-bond donors (Lipinski definition) is 1. The summed E-state index contributed by atoms with van der Waals surface area (Å²) in [7, 11) is 0. The molecule has 0 bridgehead atoms. The average molecular weight is 296 g/mol. The van der Waals surface area contributed by atoms with Gasteiger partial charge in [-0.25, -0.2) is 0 Å². The minimum Gasteiger partial charge on any atom is -0.420 e. The highest BCUT2D eigenvalue weighted by Gasteiger charge is 2.15. The molecule has 0 saturated heterocycles. The zero-order valence-corrected chi connectivity index (χ0v) is 12.0. The Balaban J connectivity index is 1.89. The monoisotopic (exact) mass is 296 g/mol. The van der Waals surface area contributed by atoms with E-state index < -0.39 is 4.92 Å². The SMILES string of the molecule is CCCNCCCc1nnc(-c2ccc([N+](=O)[O-])s2)o1. The molecule has 0 atom stereocenters. The van der Waals surface area contributed by atoms with E-state index in [0.717, 1.165) is 37.3 Å². The lowest BCUT2D eigenvalue weighted by molar-refractivity contribution is -0.380. The fourth-order valence-electron chi connectivity index (χ4n) is 1.66. The predicted molar refractivity (Wildman–Crippen MR) is 75.7 cm³/mol. The van der Waals surface area contributed by atoms with Crippen molar-refractivity contribution in [3.8, 4) is 10.8 Å². The van der Waals surface area contributed by atoms with Gasteiger partial charge in [0.2, 0.25) is 5.89 Å². The maximum absolute atomic E-state index is 10.6. The van der Waals surface area contributed by atoms with E-state index in [4.69, 9.17) is 4.42 Å². The first kappa shape index (κ1) is 14.6. The highest BCUT2D eigenvalue weighted by Crippen LogP contribution is 2.31. The first-order valence-corrected chi connectivity index (χ1v) is 7.30. The number of aromatic nitrogens is 2. The Morgan fingerprint density at radius 3 is 2.95 bits per heavy atom. The van der Waals surface area contributed by atoms with Gasteiger partial charge < -0.3 is 9.73 Å². The number of nitrogens with one attached hydrogen (secondary N) is 1. The summed E-state index contributed by atoms with van der Waals surface area (Å²) in [6.07, 6.45) is 2.74. The van der Waals surface area contributed by atoms with Gasteiger partial charge in [-0.15, -0.1) is 10.2 Å². The number of hydrogen-bond acceptors (Lipinski definition) is 7. The minimum absolute atomic E-state index is 0.0727. The number of aryl methyl sites for hydroxylation is 1. The van der Waals surface area contributed by atoms with Crippen molar-refractivity contribution in [3.63, 3.8) is 0 Å². The van der Waals surface area contributed by atoms with Crippen molar-refractivity contribution >= 4 is 16.3 Å². The van der Waals surface area contributed by atoms with Gasteiger partial charge in [-0.2, -0.15) is 0 Å². The Morgan fingerprint density at radius 2 is 2.25 bits per heavy atom. The molecule has 1 N–H and O–H groups in total. The van der Waals surface area contributed by atoms with E-state index in [1.807, 2.05) is 0 Å². The molecule has 0 aromatic carbocycles. The zero-order chi connectivity index (χ0) is 14.4. The van der Waals surface area contributed by atoms with Gasteiger partial charge in [0.1, 0.15) is 0 Å². The van der Waals surface area contributed by atoms with E-state index >= 15 is 0 Å². The molecule has 20 heavy (non-hydrogen) atoms. The fraction of sp³-hybridized carbons (Fsp3) is 0.500. The van der Waals surface area contributed by atoms with Gasteiger partial charge in [0.05, 0.1) is 9.80 Å². The lowest BCUT2D eigenvalue weighted by atomic mass is 10.3. The molecule has 0 fully saturated rings.